The second-order valence-corrected chi connectivity index (χ2v) is 5.37. The molecule has 1 amide bonds. The third kappa shape index (κ3) is 3.47. The van der Waals surface area contributed by atoms with Crippen LogP contribution < -0.4 is 0 Å². The predicted molar refractivity (Wildman–Crippen MR) is 75.1 cm³/mol. The molecule has 0 radical (unpaired) electrons. The summed E-state index contributed by atoms with van der Waals surface area (Å²) in [7, 11) is 3.96. The van der Waals surface area contributed by atoms with E-state index in [0.29, 0.717) is 5.56 Å². The van der Waals surface area contributed by atoms with Crippen LogP contribution in [0.25, 0.3) is 0 Å². The molecule has 0 aliphatic carbocycles. The summed E-state index contributed by atoms with van der Waals surface area (Å²) >= 11 is 0. The minimum absolute atomic E-state index is 0.0711. The quantitative estimate of drug-likeness (QED) is 0.897. The number of amides is 1. The molecule has 1 unspecified atom stereocenters. The van der Waals surface area contributed by atoms with E-state index in [0.717, 1.165) is 25.9 Å². The summed E-state index contributed by atoms with van der Waals surface area (Å²) in [6.45, 7) is 2.04. The normalized spacial score (nSPS) is 20.2. The summed E-state index contributed by atoms with van der Waals surface area (Å²) < 4.78 is 0. The van der Waals surface area contributed by atoms with Crippen molar-refractivity contribution in [2.24, 2.45) is 0 Å². The molecule has 0 spiro atoms. The maximum Gasteiger partial charge on any atom is 0.227 e. The Kier molecular flexibility index (Phi) is 4.43. The van der Waals surface area contributed by atoms with E-state index in [1.807, 2.05) is 18.0 Å². The SMILES string of the molecule is CN1CCCC(N(C)C(=O)Cc2ccccc2O)C1. The number of phenols is 1. The highest BCUT2D eigenvalue weighted by Gasteiger charge is 2.24. The van der Waals surface area contributed by atoms with Gasteiger partial charge < -0.3 is 14.9 Å². The summed E-state index contributed by atoms with van der Waals surface area (Å²) in [6.07, 6.45) is 2.46. The molecule has 0 aromatic heterocycles. The van der Waals surface area contributed by atoms with Crippen LogP contribution in [0.3, 0.4) is 0 Å². The average molecular weight is 262 g/mol. The topological polar surface area (TPSA) is 43.8 Å². The Balaban J connectivity index is 1.97. The number of nitrogens with zero attached hydrogens (tertiary/aromatic N) is 2. The van der Waals surface area contributed by atoms with Crippen molar-refractivity contribution < 1.29 is 9.90 Å². The lowest BCUT2D eigenvalue weighted by molar-refractivity contribution is -0.132. The number of carbonyl (C=O) groups excluding carboxylic acids is 1. The molecule has 1 saturated heterocycles. The Hall–Kier alpha value is -1.55. The second-order valence-electron chi connectivity index (χ2n) is 5.37. The summed E-state index contributed by atoms with van der Waals surface area (Å²) in [5.41, 5.74) is 0.698. The molecule has 4 heteroatoms. The molecule has 0 bridgehead atoms. The molecule has 1 N–H and O–H groups in total. The Morgan fingerprint density at radius 3 is 2.89 bits per heavy atom. The maximum absolute atomic E-state index is 12.3. The summed E-state index contributed by atoms with van der Waals surface area (Å²) in [5.74, 6) is 0.270. The first-order valence-electron chi connectivity index (χ1n) is 6.79. The van der Waals surface area contributed by atoms with Crippen molar-refractivity contribution in [1.29, 1.82) is 0 Å². The lowest BCUT2D eigenvalue weighted by atomic mass is 10.0. The van der Waals surface area contributed by atoms with Crippen LogP contribution in [0.2, 0.25) is 0 Å². The van der Waals surface area contributed by atoms with Gasteiger partial charge in [0.1, 0.15) is 5.75 Å². The molecule has 1 fully saturated rings. The van der Waals surface area contributed by atoms with Gasteiger partial charge in [0.05, 0.1) is 6.42 Å². The fourth-order valence-electron chi connectivity index (χ4n) is 2.61. The molecule has 104 valence electrons. The molecule has 2 rings (SSSR count). The fraction of sp³-hybridized carbons (Fsp3) is 0.533. The van der Waals surface area contributed by atoms with Crippen LogP contribution in [0.15, 0.2) is 24.3 Å². The van der Waals surface area contributed by atoms with Gasteiger partial charge in [0.25, 0.3) is 0 Å². The zero-order valence-corrected chi connectivity index (χ0v) is 11.7. The lowest BCUT2D eigenvalue weighted by Crippen LogP contribution is -2.47. The average Bonchev–Trinajstić information content (AvgIpc) is 2.40. The minimum atomic E-state index is 0.0711. The lowest BCUT2D eigenvalue weighted by Gasteiger charge is -2.36. The molecule has 1 heterocycles. The molecule has 1 aliphatic heterocycles. The second kappa shape index (κ2) is 6.06. The Bertz CT molecular complexity index is 448. The van der Waals surface area contributed by atoms with E-state index < -0.39 is 0 Å². The smallest absolute Gasteiger partial charge is 0.227 e. The van der Waals surface area contributed by atoms with Gasteiger partial charge in [-0.3, -0.25) is 4.79 Å². The predicted octanol–water partition coefficient (Wildman–Crippen LogP) is 1.49. The van der Waals surface area contributed by atoms with E-state index in [9.17, 15) is 9.90 Å². The molecule has 1 aromatic rings. The van der Waals surface area contributed by atoms with Gasteiger partial charge in [0.2, 0.25) is 5.91 Å². The van der Waals surface area contributed by atoms with Gasteiger partial charge in [-0.2, -0.15) is 0 Å². The van der Waals surface area contributed by atoms with Crippen LogP contribution in [0.4, 0.5) is 0 Å². The molecule has 19 heavy (non-hydrogen) atoms. The highest BCUT2D eigenvalue weighted by atomic mass is 16.3. The van der Waals surface area contributed by atoms with Crippen molar-refractivity contribution >= 4 is 5.91 Å². The zero-order valence-electron chi connectivity index (χ0n) is 11.7. The van der Waals surface area contributed by atoms with Crippen molar-refractivity contribution in [3.05, 3.63) is 29.8 Å². The van der Waals surface area contributed by atoms with E-state index in [4.69, 9.17) is 0 Å². The fourth-order valence-corrected chi connectivity index (χ4v) is 2.61. The van der Waals surface area contributed by atoms with Crippen molar-refractivity contribution in [2.75, 3.05) is 27.2 Å². The Morgan fingerprint density at radius 1 is 1.47 bits per heavy atom. The molecule has 1 aliphatic rings. The van der Waals surface area contributed by atoms with E-state index in [1.54, 1.807) is 18.2 Å². The number of likely N-dealkylation sites (N-methyl/N-ethyl adjacent to an activating group) is 2. The first-order valence-corrected chi connectivity index (χ1v) is 6.79. The van der Waals surface area contributed by atoms with E-state index in [-0.39, 0.29) is 24.1 Å². The number of para-hydroxylation sites is 1. The van der Waals surface area contributed by atoms with Gasteiger partial charge in [0, 0.05) is 25.2 Å². The molecule has 1 aromatic carbocycles. The summed E-state index contributed by atoms with van der Waals surface area (Å²) in [6, 6.07) is 7.32. The first kappa shape index (κ1) is 13.9. The molecular weight excluding hydrogens is 240 g/mol. The number of likely N-dealkylation sites (tertiary alicyclic amines) is 1. The third-order valence-electron chi connectivity index (χ3n) is 3.87. The highest BCUT2D eigenvalue weighted by molar-refractivity contribution is 5.79. The van der Waals surface area contributed by atoms with Gasteiger partial charge in [-0.15, -0.1) is 0 Å². The third-order valence-corrected chi connectivity index (χ3v) is 3.87. The van der Waals surface area contributed by atoms with Crippen LogP contribution >= 0.6 is 0 Å². The minimum Gasteiger partial charge on any atom is -0.508 e. The van der Waals surface area contributed by atoms with Gasteiger partial charge in [-0.25, -0.2) is 0 Å². The number of carbonyl (C=O) groups is 1. The highest BCUT2D eigenvalue weighted by Crippen LogP contribution is 2.19. The number of aromatic hydroxyl groups is 1. The Morgan fingerprint density at radius 2 is 2.21 bits per heavy atom. The molecule has 0 saturated carbocycles. The van der Waals surface area contributed by atoms with Crippen LogP contribution in [0.1, 0.15) is 18.4 Å². The molecule has 1 atom stereocenters. The van der Waals surface area contributed by atoms with Crippen LogP contribution in [-0.4, -0.2) is 54.0 Å². The van der Waals surface area contributed by atoms with Crippen molar-refractivity contribution in [1.82, 2.24) is 9.80 Å². The number of hydrogen-bond acceptors (Lipinski definition) is 3. The number of phenolic OH excluding ortho intramolecular Hbond substituents is 1. The van der Waals surface area contributed by atoms with Crippen LogP contribution in [0, 0.1) is 0 Å². The first-order chi connectivity index (χ1) is 9.08. The van der Waals surface area contributed by atoms with Crippen LogP contribution in [-0.2, 0) is 11.2 Å². The largest absolute Gasteiger partial charge is 0.508 e. The number of hydrogen-bond donors (Lipinski definition) is 1. The van der Waals surface area contributed by atoms with Gasteiger partial charge >= 0.3 is 0 Å². The van der Waals surface area contributed by atoms with E-state index in [1.165, 1.54) is 0 Å². The van der Waals surface area contributed by atoms with Gasteiger partial charge in [-0.1, -0.05) is 18.2 Å². The van der Waals surface area contributed by atoms with Crippen molar-refractivity contribution in [2.45, 2.75) is 25.3 Å². The summed E-state index contributed by atoms with van der Waals surface area (Å²) in [5, 5.41) is 9.71. The summed E-state index contributed by atoms with van der Waals surface area (Å²) in [4.78, 5) is 16.4. The number of rotatable bonds is 3. The van der Waals surface area contributed by atoms with Crippen molar-refractivity contribution in [3.8, 4) is 5.75 Å². The van der Waals surface area contributed by atoms with Crippen LogP contribution in [0.5, 0.6) is 5.75 Å². The van der Waals surface area contributed by atoms with Gasteiger partial charge in [0.15, 0.2) is 0 Å². The number of benzene rings is 1. The zero-order chi connectivity index (χ0) is 13.8. The standard InChI is InChI=1S/C15H22N2O2/c1-16-9-5-7-13(11-16)17(2)15(19)10-12-6-3-4-8-14(12)18/h3-4,6,8,13,18H,5,7,9-11H2,1-2H3. The van der Waals surface area contributed by atoms with Crippen molar-refractivity contribution in [3.63, 3.8) is 0 Å². The molecular formula is C15H22N2O2. The van der Waals surface area contributed by atoms with Gasteiger partial charge in [-0.05, 0) is 32.5 Å². The monoisotopic (exact) mass is 262 g/mol. The maximum atomic E-state index is 12.3. The van der Waals surface area contributed by atoms with E-state index >= 15 is 0 Å². The van der Waals surface area contributed by atoms with E-state index in [2.05, 4.69) is 11.9 Å². The molecule has 4 nitrogen and oxygen atoms in total. The Labute approximate surface area is 114 Å². The number of piperidine rings is 1.